The largest absolute Gasteiger partial charge is 0.508 e. The van der Waals surface area contributed by atoms with Gasteiger partial charge in [-0.2, -0.15) is 0 Å². The molecule has 0 aliphatic carbocycles. The maximum atomic E-state index is 11.8. The molecule has 1 aromatic carbocycles. The van der Waals surface area contributed by atoms with Crippen molar-refractivity contribution >= 4 is 5.91 Å². The number of carbonyl (C=O) groups excluding carboxylic acids is 1. The van der Waals surface area contributed by atoms with Gasteiger partial charge in [0.05, 0.1) is 0 Å². The lowest BCUT2D eigenvalue weighted by Gasteiger charge is -2.16. The van der Waals surface area contributed by atoms with Crippen molar-refractivity contribution in [2.24, 2.45) is 0 Å². The Bertz CT molecular complexity index is 363. The van der Waals surface area contributed by atoms with E-state index < -0.39 is 0 Å². The molecule has 0 aliphatic rings. The van der Waals surface area contributed by atoms with Crippen LogP contribution in [-0.2, 0) is 11.2 Å². The number of hydrogen-bond donors (Lipinski definition) is 1. The first-order valence-electron chi connectivity index (χ1n) is 6.16. The number of hydrogen-bond acceptors (Lipinski definition) is 2. The number of unbranched alkanes of at least 4 members (excludes halogenated alkanes) is 1. The van der Waals surface area contributed by atoms with Crippen molar-refractivity contribution in [3.8, 4) is 5.75 Å². The molecule has 94 valence electrons. The summed E-state index contributed by atoms with van der Waals surface area (Å²) in [4.78, 5) is 13.5. The summed E-state index contributed by atoms with van der Waals surface area (Å²) >= 11 is 0. The Morgan fingerprint density at radius 2 is 2.06 bits per heavy atom. The molecule has 0 saturated carbocycles. The minimum atomic E-state index is 0.140. The average molecular weight is 235 g/mol. The first kappa shape index (κ1) is 13.6. The van der Waals surface area contributed by atoms with Crippen LogP contribution >= 0.6 is 0 Å². The quantitative estimate of drug-likeness (QED) is 0.823. The monoisotopic (exact) mass is 235 g/mol. The van der Waals surface area contributed by atoms with Gasteiger partial charge in [0.1, 0.15) is 5.75 Å². The number of carbonyl (C=O) groups is 1. The molecule has 3 nitrogen and oxygen atoms in total. The van der Waals surface area contributed by atoms with Crippen LogP contribution in [0.15, 0.2) is 24.3 Å². The van der Waals surface area contributed by atoms with Crippen LogP contribution in [0.1, 0.15) is 31.7 Å². The van der Waals surface area contributed by atoms with Gasteiger partial charge in [-0.05, 0) is 24.5 Å². The van der Waals surface area contributed by atoms with Crippen molar-refractivity contribution in [3.05, 3.63) is 29.8 Å². The summed E-state index contributed by atoms with van der Waals surface area (Å²) in [6.45, 7) is 2.93. The molecule has 0 heterocycles. The second kappa shape index (κ2) is 6.94. The molecule has 0 saturated heterocycles. The molecule has 0 spiro atoms. The number of benzene rings is 1. The van der Waals surface area contributed by atoms with Crippen LogP contribution in [0.5, 0.6) is 5.75 Å². The van der Waals surface area contributed by atoms with E-state index in [4.69, 9.17) is 0 Å². The highest BCUT2D eigenvalue weighted by Crippen LogP contribution is 2.17. The lowest BCUT2D eigenvalue weighted by molar-refractivity contribution is -0.129. The van der Waals surface area contributed by atoms with Gasteiger partial charge in [0.2, 0.25) is 5.91 Å². The lowest BCUT2D eigenvalue weighted by atomic mass is 10.1. The fourth-order valence-electron chi connectivity index (χ4n) is 1.67. The molecule has 17 heavy (non-hydrogen) atoms. The number of phenolic OH excluding ortho intramolecular Hbond substituents is 1. The molecule has 0 radical (unpaired) electrons. The van der Waals surface area contributed by atoms with Gasteiger partial charge in [-0.25, -0.2) is 0 Å². The Hall–Kier alpha value is -1.51. The Labute approximate surface area is 103 Å². The van der Waals surface area contributed by atoms with E-state index >= 15 is 0 Å². The van der Waals surface area contributed by atoms with Gasteiger partial charge in [0.15, 0.2) is 0 Å². The smallest absolute Gasteiger partial charge is 0.222 e. The van der Waals surface area contributed by atoms with Crippen LogP contribution in [0.3, 0.4) is 0 Å². The van der Waals surface area contributed by atoms with E-state index in [1.165, 1.54) is 0 Å². The van der Waals surface area contributed by atoms with E-state index in [0.717, 1.165) is 24.9 Å². The summed E-state index contributed by atoms with van der Waals surface area (Å²) in [5.41, 5.74) is 0.838. The zero-order chi connectivity index (χ0) is 12.7. The third kappa shape index (κ3) is 4.47. The number of amides is 1. The number of phenols is 1. The van der Waals surface area contributed by atoms with Crippen LogP contribution in [0.4, 0.5) is 0 Å². The molecule has 1 rings (SSSR count). The van der Waals surface area contributed by atoms with E-state index in [1.807, 2.05) is 19.2 Å². The molecule has 0 bridgehead atoms. The van der Waals surface area contributed by atoms with E-state index in [1.54, 1.807) is 17.0 Å². The highest BCUT2D eigenvalue weighted by atomic mass is 16.3. The maximum absolute atomic E-state index is 11.8. The van der Waals surface area contributed by atoms with E-state index in [-0.39, 0.29) is 11.7 Å². The normalized spacial score (nSPS) is 10.2. The molecule has 0 fully saturated rings. The van der Waals surface area contributed by atoms with Crippen molar-refractivity contribution in [1.29, 1.82) is 0 Å². The predicted octanol–water partition coefficient (Wildman–Crippen LogP) is 2.58. The number of aryl methyl sites for hydroxylation is 1. The average Bonchev–Trinajstić information content (AvgIpc) is 2.34. The van der Waals surface area contributed by atoms with Crippen LogP contribution in [0.25, 0.3) is 0 Å². The Kier molecular flexibility index (Phi) is 5.53. The first-order valence-corrected chi connectivity index (χ1v) is 6.16. The van der Waals surface area contributed by atoms with Crippen molar-refractivity contribution < 1.29 is 9.90 Å². The summed E-state index contributed by atoms with van der Waals surface area (Å²) in [5, 5.41) is 9.58. The van der Waals surface area contributed by atoms with Crippen LogP contribution in [-0.4, -0.2) is 29.5 Å². The zero-order valence-electron chi connectivity index (χ0n) is 10.6. The van der Waals surface area contributed by atoms with Gasteiger partial charge in [0, 0.05) is 20.0 Å². The molecule has 1 aromatic rings. The van der Waals surface area contributed by atoms with E-state index in [0.29, 0.717) is 12.8 Å². The number of aromatic hydroxyl groups is 1. The van der Waals surface area contributed by atoms with Crippen LogP contribution < -0.4 is 0 Å². The molecular weight excluding hydrogens is 214 g/mol. The topological polar surface area (TPSA) is 40.5 Å². The van der Waals surface area contributed by atoms with Gasteiger partial charge < -0.3 is 10.0 Å². The summed E-state index contributed by atoms with van der Waals surface area (Å²) in [6, 6.07) is 7.17. The SMILES string of the molecule is CCCCN(C)C(=O)CCc1ccccc1O. The molecular formula is C14H21NO2. The first-order chi connectivity index (χ1) is 8.15. The molecule has 0 atom stereocenters. The fourth-order valence-corrected chi connectivity index (χ4v) is 1.67. The number of para-hydroxylation sites is 1. The summed E-state index contributed by atoms with van der Waals surface area (Å²) < 4.78 is 0. The molecule has 1 amide bonds. The minimum Gasteiger partial charge on any atom is -0.508 e. The summed E-state index contributed by atoms with van der Waals surface area (Å²) in [7, 11) is 1.84. The fraction of sp³-hybridized carbons (Fsp3) is 0.500. The maximum Gasteiger partial charge on any atom is 0.222 e. The zero-order valence-corrected chi connectivity index (χ0v) is 10.6. The minimum absolute atomic E-state index is 0.140. The van der Waals surface area contributed by atoms with Gasteiger partial charge in [0.25, 0.3) is 0 Å². The third-order valence-electron chi connectivity index (χ3n) is 2.87. The standard InChI is InChI=1S/C14H21NO2/c1-3-4-11-15(2)14(17)10-9-12-7-5-6-8-13(12)16/h5-8,16H,3-4,9-11H2,1-2H3. The van der Waals surface area contributed by atoms with Gasteiger partial charge in [-0.3, -0.25) is 4.79 Å². The van der Waals surface area contributed by atoms with Crippen molar-refractivity contribution in [2.45, 2.75) is 32.6 Å². The molecule has 0 aromatic heterocycles. The summed E-state index contributed by atoms with van der Waals surface area (Å²) in [6.07, 6.45) is 3.19. The highest BCUT2D eigenvalue weighted by Gasteiger charge is 2.09. The van der Waals surface area contributed by atoms with Gasteiger partial charge in [-0.1, -0.05) is 31.5 Å². The Balaban J connectivity index is 2.40. The molecule has 0 unspecified atom stereocenters. The highest BCUT2D eigenvalue weighted by molar-refractivity contribution is 5.76. The summed E-state index contributed by atoms with van der Waals surface area (Å²) in [5.74, 6) is 0.415. The van der Waals surface area contributed by atoms with Gasteiger partial charge >= 0.3 is 0 Å². The Morgan fingerprint density at radius 1 is 1.35 bits per heavy atom. The van der Waals surface area contributed by atoms with Crippen molar-refractivity contribution in [2.75, 3.05) is 13.6 Å². The third-order valence-corrected chi connectivity index (χ3v) is 2.87. The molecule has 3 heteroatoms. The Morgan fingerprint density at radius 3 is 2.71 bits per heavy atom. The lowest BCUT2D eigenvalue weighted by Crippen LogP contribution is -2.27. The molecule has 1 N–H and O–H groups in total. The van der Waals surface area contributed by atoms with E-state index in [2.05, 4.69) is 6.92 Å². The number of nitrogens with zero attached hydrogens (tertiary/aromatic N) is 1. The molecule has 0 aliphatic heterocycles. The van der Waals surface area contributed by atoms with Crippen LogP contribution in [0.2, 0.25) is 0 Å². The van der Waals surface area contributed by atoms with Crippen LogP contribution in [0, 0.1) is 0 Å². The van der Waals surface area contributed by atoms with E-state index in [9.17, 15) is 9.90 Å². The van der Waals surface area contributed by atoms with Gasteiger partial charge in [-0.15, -0.1) is 0 Å². The van der Waals surface area contributed by atoms with Crippen molar-refractivity contribution in [1.82, 2.24) is 4.90 Å². The second-order valence-corrected chi connectivity index (χ2v) is 4.30. The number of rotatable bonds is 6. The predicted molar refractivity (Wildman–Crippen MR) is 69.0 cm³/mol. The second-order valence-electron chi connectivity index (χ2n) is 4.30. The van der Waals surface area contributed by atoms with Crippen molar-refractivity contribution in [3.63, 3.8) is 0 Å².